The molecule has 0 aliphatic carbocycles. The number of thiazole rings is 1. The van der Waals surface area contributed by atoms with Gasteiger partial charge in [0.2, 0.25) is 0 Å². The second-order valence-corrected chi connectivity index (χ2v) is 6.20. The van der Waals surface area contributed by atoms with Crippen LogP contribution in [-0.2, 0) is 0 Å². The van der Waals surface area contributed by atoms with E-state index in [0.717, 1.165) is 29.5 Å². The summed E-state index contributed by atoms with van der Waals surface area (Å²) >= 11 is 13.7. The van der Waals surface area contributed by atoms with Gasteiger partial charge in [-0.05, 0) is 38.1 Å². The normalized spacial score (nSPS) is 12.4. The zero-order chi connectivity index (χ0) is 14.5. The molecule has 1 aromatic heterocycles. The average molecular weight is 330 g/mol. The van der Waals surface area contributed by atoms with E-state index in [-0.39, 0.29) is 6.04 Å². The van der Waals surface area contributed by atoms with E-state index in [2.05, 4.69) is 29.5 Å². The number of halogens is 2. The van der Waals surface area contributed by atoms with Crippen LogP contribution >= 0.6 is 34.5 Å². The minimum absolute atomic E-state index is 0.247. The average Bonchev–Trinajstić information content (AvgIpc) is 2.89. The third-order valence-corrected chi connectivity index (χ3v) is 4.18. The highest BCUT2D eigenvalue weighted by atomic mass is 35.5. The summed E-state index contributed by atoms with van der Waals surface area (Å²) in [6, 6.07) is 5.58. The fourth-order valence-electron chi connectivity index (χ4n) is 1.72. The maximum Gasteiger partial charge on any atom is 0.187 e. The zero-order valence-corrected chi connectivity index (χ0v) is 13.7. The summed E-state index contributed by atoms with van der Waals surface area (Å²) in [4.78, 5) is 4.57. The van der Waals surface area contributed by atoms with Gasteiger partial charge < -0.3 is 10.6 Å². The van der Waals surface area contributed by atoms with Crippen molar-refractivity contribution in [3.05, 3.63) is 39.3 Å². The number of hydrogen-bond donors (Lipinski definition) is 2. The third-order valence-electron chi connectivity index (χ3n) is 2.84. The molecule has 0 radical (unpaired) electrons. The first-order chi connectivity index (χ1) is 9.60. The number of anilines is 2. The van der Waals surface area contributed by atoms with Crippen molar-refractivity contribution in [3.63, 3.8) is 0 Å². The van der Waals surface area contributed by atoms with Crippen LogP contribution < -0.4 is 10.6 Å². The molecule has 1 heterocycles. The summed E-state index contributed by atoms with van der Waals surface area (Å²) in [5.41, 5.74) is 1.80. The molecule has 1 atom stereocenters. The van der Waals surface area contributed by atoms with Crippen LogP contribution in [0.5, 0.6) is 0 Å². The van der Waals surface area contributed by atoms with Crippen LogP contribution in [0.15, 0.2) is 23.6 Å². The van der Waals surface area contributed by atoms with Gasteiger partial charge in [0.1, 0.15) is 0 Å². The van der Waals surface area contributed by atoms with Gasteiger partial charge in [0.05, 0.1) is 16.4 Å². The Hall–Kier alpha value is -0.810. The number of benzene rings is 1. The fraction of sp³-hybridized carbons (Fsp3) is 0.357. The van der Waals surface area contributed by atoms with E-state index in [4.69, 9.17) is 23.2 Å². The summed E-state index contributed by atoms with van der Waals surface area (Å²) in [6.45, 7) is 5.25. The van der Waals surface area contributed by atoms with Crippen LogP contribution in [0.25, 0.3) is 0 Å². The summed E-state index contributed by atoms with van der Waals surface area (Å²) in [5.74, 6) is 0. The number of hydrogen-bond acceptors (Lipinski definition) is 4. The molecule has 0 bridgehead atoms. The first kappa shape index (κ1) is 15.6. The second-order valence-electron chi connectivity index (χ2n) is 4.50. The topological polar surface area (TPSA) is 37.0 Å². The first-order valence-electron chi connectivity index (χ1n) is 6.51. The molecule has 1 aromatic carbocycles. The van der Waals surface area contributed by atoms with Crippen molar-refractivity contribution in [2.75, 3.05) is 11.9 Å². The van der Waals surface area contributed by atoms with Crippen LogP contribution in [0.1, 0.15) is 32.0 Å². The standard InChI is InChI=1S/C14H17Cl2N3S/c1-3-6-17-9(2)13-8-20-14(19-13)18-12-7-10(15)4-5-11(12)16/h4-5,7-9,17H,3,6H2,1-2H3,(H,18,19). The molecule has 1 unspecified atom stereocenters. The van der Waals surface area contributed by atoms with Crippen molar-refractivity contribution in [3.8, 4) is 0 Å². The molecular weight excluding hydrogens is 313 g/mol. The molecule has 0 fully saturated rings. The van der Waals surface area contributed by atoms with Crippen molar-refractivity contribution >= 4 is 45.4 Å². The Bertz CT molecular complexity index is 571. The Kier molecular flexibility index (Phi) is 5.66. The van der Waals surface area contributed by atoms with Crippen LogP contribution in [-0.4, -0.2) is 11.5 Å². The van der Waals surface area contributed by atoms with E-state index < -0.39 is 0 Å². The lowest BCUT2D eigenvalue weighted by atomic mass is 10.2. The van der Waals surface area contributed by atoms with E-state index in [0.29, 0.717) is 10.0 Å². The molecule has 2 N–H and O–H groups in total. The van der Waals surface area contributed by atoms with Crippen LogP contribution in [0.3, 0.4) is 0 Å². The van der Waals surface area contributed by atoms with E-state index in [1.54, 1.807) is 29.5 Å². The zero-order valence-electron chi connectivity index (χ0n) is 11.4. The SMILES string of the molecule is CCCNC(C)c1csc(Nc2cc(Cl)ccc2Cl)n1. The van der Waals surface area contributed by atoms with Gasteiger partial charge >= 0.3 is 0 Å². The van der Waals surface area contributed by atoms with Gasteiger partial charge in [-0.25, -0.2) is 4.98 Å². The van der Waals surface area contributed by atoms with E-state index in [9.17, 15) is 0 Å². The summed E-state index contributed by atoms with van der Waals surface area (Å²) in [5, 5.41) is 10.8. The Balaban J connectivity index is 2.07. The summed E-state index contributed by atoms with van der Waals surface area (Å²) in [7, 11) is 0. The molecule has 2 aromatic rings. The smallest absolute Gasteiger partial charge is 0.187 e. The van der Waals surface area contributed by atoms with Crippen molar-refractivity contribution in [1.82, 2.24) is 10.3 Å². The van der Waals surface area contributed by atoms with Gasteiger partial charge in [-0.15, -0.1) is 11.3 Å². The largest absolute Gasteiger partial charge is 0.330 e. The quantitative estimate of drug-likeness (QED) is 0.759. The highest BCUT2D eigenvalue weighted by molar-refractivity contribution is 7.13. The Morgan fingerprint density at radius 1 is 1.35 bits per heavy atom. The van der Waals surface area contributed by atoms with Crippen LogP contribution in [0.4, 0.5) is 10.8 Å². The molecule has 108 valence electrons. The van der Waals surface area contributed by atoms with Gasteiger partial charge in [0, 0.05) is 16.4 Å². The minimum atomic E-state index is 0.247. The number of aromatic nitrogens is 1. The lowest BCUT2D eigenvalue weighted by molar-refractivity contribution is 0.561. The molecular formula is C14H17Cl2N3S. The lowest BCUT2D eigenvalue weighted by Gasteiger charge is -2.10. The molecule has 20 heavy (non-hydrogen) atoms. The lowest BCUT2D eigenvalue weighted by Crippen LogP contribution is -2.19. The summed E-state index contributed by atoms with van der Waals surface area (Å²) < 4.78 is 0. The van der Waals surface area contributed by atoms with Crippen molar-refractivity contribution in [2.45, 2.75) is 26.3 Å². The predicted molar refractivity (Wildman–Crippen MR) is 88.6 cm³/mol. The van der Waals surface area contributed by atoms with Gasteiger partial charge in [0.25, 0.3) is 0 Å². The molecule has 6 heteroatoms. The predicted octanol–water partition coefficient (Wildman–Crippen LogP) is 5.25. The molecule has 0 aliphatic heterocycles. The second kappa shape index (κ2) is 7.27. The summed E-state index contributed by atoms with van der Waals surface area (Å²) in [6.07, 6.45) is 1.11. The highest BCUT2D eigenvalue weighted by Gasteiger charge is 2.10. The van der Waals surface area contributed by atoms with E-state index >= 15 is 0 Å². The molecule has 0 spiro atoms. The minimum Gasteiger partial charge on any atom is -0.330 e. The molecule has 0 saturated carbocycles. The van der Waals surface area contributed by atoms with Gasteiger partial charge in [-0.2, -0.15) is 0 Å². The maximum absolute atomic E-state index is 6.13. The number of rotatable bonds is 6. The highest BCUT2D eigenvalue weighted by Crippen LogP contribution is 2.30. The monoisotopic (exact) mass is 329 g/mol. The number of nitrogens with zero attached hydrogens (tertiary/aromatic N) is 1. The third kappa shape index (κ3) is 4.09. The molecule has 2 rings (SSSR count). The first-order valence-corrected chi connectivity index (χ1v) is 8.14. The fourth-order valence-corrected chi connectivity index (χ4v) is 2.87. The van der Waals surface area contributed by atoms with Crippen molar-refractivity contribution < 1.29 is 0 Å². The maximum atomic E-state index is 6.13. The van der Waals surface area contributed by atoms with Crippen LogP contribution in [0.2, 0.25) is 10.0 Å². The van der Waals surface area contributed by atoms with Gasteiger partial charge in [0.15, 0.2) is 5.13 Å². The van der Waals surface area contributed by atoms with Gasteiger partial charge in [-0.1, -0.05) is 30.1 Å². The Morgan fingerprint density at radius 2 is 2.15 bits per heavy atom. The van der Waals surface area contributed by atoms with Crippen molar-refractivity contribution in [2.24, 2.45) is 0 Å². The molecule has 0 saturated heterocycles. The van der Waals surface area contributed by atoms with Crippen LogP contribution in [0, 0.1) is 0 Å². The molecule has 0 aliphatic rings. The number of nitrogens with one attached hydrogen (secondary N) is 2. The Labute approximate surface area is 133 Å². The van der Waals surface area contributed by atoms with Crippen molar-refractivity contribution in [1.29, 1.82) is 0 Å². The van der Waals surface area contributed by atoms with E-state index in [1.807, 2.05) is 5.38 Å². The van der Waals surface area contributed by atoms with Gasteiger partial charge in [-0.3, -0.25) is 0 Å². The van der Waals surface area contributed by atoms with E-state index in [1.165, 1.54) is 0 Å². The molecule has 3 nitrogen and oxygen atoms in total. The Morgan fingerprint density at radius 3 is 2.90 bits per heavy atom. The molecule has 0 amide bonds.